The Labute approximate surface area is 124 Å². The van der Waals surface area contributed by atoms with Crippen LogP contribution in [0.5, 0.6) is 0 Å². The predicted molar refractivity (Wildman–Crippen MR) is 85.6 cm³/mol. The van der Waals surface area contributed by atoms with Crippen LogP contribution in [-0.4, -0.2) is 10.7 Å². The van der Waals surface area contributed by atoms with E-state index >= 15 is 0 Å². The largest absolute Gasteiger partial charge is 0.515 e. The Morgan fingerprint density at radius 2 is 1.85 bits per heavy atom. The number of rotatable bonds is 2. The van der Waals surface area contributed by atoms with Crippen molar-refractivity contribution < 1.29 is 9.84 Å². The smallest absolute Gasteiger partial charge is 0.123 e. The van der Waals surface area contributed by atoms with Crippen LogP contribution < -0.4 is 0 Å². The maximum absolute atomic E-state index is 9.31. The number of aliphatic hydroxyl groups is 1. The molecule has 1 fully saturated rings. The Hall–Kier alpha value is -1.18. The highest BCUT2D eigenvalue weighted by Gasteiger charge is 2.36. The fourth-order valence-corrected chi connectivity index (χ4v) is 3.11. The van der Waals surface area contributed by atoms with E-state index in [-0.39, 0.29) is 11.0 Å². The second-order valence-electron chi connectivity index (χ2n) is 7.42. The van der Waals surface area contributed by atoms with Gasteiger partial charge in [-0.15, -0.1) is 0 Å². The number of hydrogen-bond donors (Lipinski definition) is 1. The number of ether oxygens (including phenoxy) is 1. The topological polar surface area (TPSA) is 29.5 Å². The monoisotopic (exact) mass is 278 g/mol. The van der Waals surface area contributed by atoms with Gasteiger partial charge in [0.15, 0.2) is 0 Å². The molecule has 2 heteroatoms. The molecule has 0 saturated carbocycles. The standard InChI is InChI=1S/C18H30O2/c1-8-14(11-19)9-16-15(13(2)3)10-17(4,5)12-18(6,7)20-16/h9,11,19H,8,10,12H2,1-7H3/b14-11+,16-9+. The molecule has 2 nitrogen and oxygen atoms in total. The van der Waals surface area contributed by atoms with Crippen LogP contribution in [0.3, 0.4) is 0 Å². The van der Waals surface area contributed by atoms with Crippen molar-refractivity contribution in [3.05, 3.63) is 34.8 Å². The van der Waals surface area contributed by atoms with Gasteiger partial charge in [0.25, 0.3) is 0 Å². The van der Waals surface area contributed by atoms with Crippen LogP contribution in [0.15, 0.2) is 34.8 Å². The van der Waals surface area contributed by atoms with Crippen molar-refractivity contribution in [3.8, 4) is 0 Å². The molecule has 1 N–H and O–H groups in total. The third-order valence-electron chi connectivity index (χ3n) is 3.74. The lowest BCUT2D eigenvalue weighted by Crippen LogP contribution is -2.28. The van der Waals surface area contributed by atoms with E-state index in [1.165, 1.54) is 17.4 Å². The zero-order valence-corrected chi connectivity index (χ0v) is 14.1. The maximum Gasteiger partial charge on any atom is 0.123 e. The Balaban J connectivity index is 3.34. The van der Waals surface area contributed by atoms with Gasteiger partial charge in [-0.3, -0.25) is 0 Å². The average molecular weight is 278 g/mol. The third-order valence-corrected chi connectivity index (χ3v) is 3.74. The SMILES string of the molecule is CCC(=C\O)/C=C1/OC(C)(C)CC(C)(C)CC1=C(C)C. The van der Waals surface area contributed by atoms with Gasteiger partial charge < -0.3 is 9.84 Å². The predicted octanol–water partition coefficient (Wildman–Crippen LogP) is 5.67. The zero-order valence-electron chi connectivity index (χ0n) is 14.1. The maximum atomic E-state index is 9.31. The summed E-state index contributed by atoms with van der Waals surface area (Å²) in [5.74, 6) is 0.919. The van der Waals surface area contributed by atoms with Crippen LogP contribution in [-0.2, 0) is 4.74 Å². The van der Waals surface area contributed by atoms with Crippen LogP contribution in [0.2, 0.25) is 0 Å². The molecule has 1 aliphatic heterocycles. The van der Waals surface area contributed by atoms with E-state index in [0.717, 1.165) is 30.6 Å². The minimum atomic E-state index is -0.194. The summed E-state index contributed by atoms with van der Waals surface area (Å²) in [5, 5.41) is 9.31. The molecule has 0 atom stereocenters. The molecule has 0 aromatic carbocycles. The van der Waals surface area contributed by atoms with Crippen molar-refractivity contribution in [2.24, 2.45) is 5.41 Å². The van der Waals surface area contributed by atoms with Gasteiger partial charge in [-0.05, 0) is 69.6 Å². The summed E-state index contributed by atoms with van der Waals surface area (Å²) in [4.78, 5) is 0. The van der Waals surface area contributed by atoms with Gasteiger partial charge in [0.2, 0.25) is 0 Å². The quantitative estimate of drug-likeness (QED) is 0.659. The first-order chi connectivity index (χ1) is 9.10. The third kappa shape index (κ3) is 4.43. The summed E-state index contributed by atoms with van der Waals surface area (Å²) in [6.45, 7) is 15.2. The molecule has 20 heavy (non-hydrogen) atoms. The van der Waals surface area contributed by atoms with Crippen LogP contribution in [0.25, 0.3) is 0 Å². The van der Waals surface area contributed by atoms with E-state index in [4.69, 9.17) is 4.74 Å². The van der Waals surface area contributed by atoms with Crippen LogP contribution in [0.1, 0.15) is 67.7 Å². The molecule has 0 unspecified atom stereocenters. The molecule has 1 aliphatic rings. The summed E-state index contributed by atoms with van der Waals surface area (Å²) >= 11 is 0. The summed E-state index contributed by atoms with van der Waals surface area (Å²) in [7, 11) is 0. The van der Waals surface area contributed by atoms with Crippen molar-refractivity contribution in [1.29, 1.82) is 0 Å². The summed E-state index contributed by atoms with van der Waals surface area (Å²) < 4.78 is 6.29. The van der Waals surface area contributed by atoms with E-state index in [9.17, 15) is 5.11 Å². The Morgan fingerprint density at radius 1 is 1.25 bits per heavy atom. The lowest BCUT2D eigenvalue weighted by Gasteiger charge is -2.31. The van der Waals surface area contributed by atoms with Gasteiger partial charge >= 0.3 is 0 Å². The molecule has 1 rings (SSSR count). The molecule has 1 heterocycles. The van der Waals surface area contributed by atoms with E-state index in [1.807, 2.05) is 13.0 Å². The van der Waals surface area contributed by atoms with Crippen molar-refractivity contribution in [2.75, 3.05) is 0 Å². The molecule has 0 bridgehead atoms. The molecule has 0 radical (unpaired) electrons. The summed E-state index contributed by atoms with van der Waals surface area (Å²) in [5.41, 5.74) is 3.47. The lowest BCUT2D eigenvalue weighted by atomic mass is 9.77. The first-order valence-corrected chi connectivity index (χ1v) is 7.51. The summed E-state index contributed by atoms with van der Waals surface area (Å²) in [6.07, 6.45) is 5.99. The van der Waals surface area contributed by atoms with Gasteiger partial charge in [0.05, 0.1) is 6.26 Å². The molecule has 0 spiro atoms. The normalized spacial score (nSPS) is 24.2. The van der Waals surface area contributed by atoms with Crippen LogP contribution in [0.4, 0.5) is 0 Å². The van der Waals surface area contributed by atoms with Gasteiger partial charge in [-0.25, -0.2) is 0 Å². The van der Waals surface area contributed by atoms with Gasteiger partial charge in [0, 0.05) is 0 Å². The molecule has 1 saturated heterocycles. The minimum absolute atomic E-state index is 0.194. The minimum Gasteiger partial charge on any atom is -0.515 e. The average Bonchev–Trinajstić information content (AvgIpc) is 2.38. The van der Waals surface area contributed by atoms with Crippen molar-refractivity contribution in [1.82, 2.24) is 0 Å². The van der Waals surface area contributed by atoms with E-state index in [2.05, 4.69) is 41.5 Å². The van der Waals surface area contributed by atoms with Crippen molar-refractivity contribution in [3.63, 3.8) is 0 Å². The summed E-state index contributed by atoms with van der Waals surface area (Å²) in [6, 6.07) is 0. The highest BCUT2D eigenvalue weighted by Crippen LogP contribution is 2.44. The number of hydrogen-bond acceptors (Lipinski definition) is 2. The first-order valence-electron chi connectivity index (χ1n) is 7.51. The second kappa shape index (κ2) is 6.07. The van der Waals surface area contributed by atoms with Gasteiger partial charge in [-0.2, -0.15) is 0 Å². The fraction of sp³-hybridized carbons (Fsp3) is 0.667. The Morgan fingerprint density at radius 3 is 2.30 bits per heavy atom. The number of allylic oxidation sites excluding steroid dienone is 4. The fourth-order valence-electron chi connectivity index (χ4n) is 3.11. The van der Waals surface area contributed by atoms with Gasteiger partial charge in [0.1, 0.15) is 11.4 Å². The van der Waals surface area contributed by atoms with Crippen molar-refractivity contribution >= 4 is 0 Å². The highest BCUT2D eigenvalue weighted by atomic mass is 16.5. The van der Waals surface area contributed by atoms with Crippen molar-refractivity contribution in [2.45, 2.75) is 73.3 Å². The highest BCUT2D eigenvalue weighted by molar-refractivity contribution is 5.37. The molecule has 0 aromatic heterocycles. The van der Waals surface area contributed by atoms with Crippen LogP contribution >= 0.6 is 0 Å². The molecular formula is C18H30O2. The molecule has 114 valence electrons. The molecule has 0 amide bonds. The van der Waals surface area contributed by atoms with Crippen LogP contribution in [0, 0.1) is 5.41 Å². The van der Waals surface area contributed by atoms with E-state index in [0.29, 0.717) is 0 Å². The first kappa shape index (κ1) is 16.9. The zero-order chi connectivity index (χ0) is 15.6. The lowest BCUT2D eigenvalue weighted by molar-refractivity contribution is 0.0159. The molecular weight excluding hydrogens is 248 g/mol. The molecule has 0 aromatic rings. The Bertz CT molecular complexity index is 444. The van der Waals surface area contributed by atoms with E-state index < -0.39 is 0 Å². The second-order valence-corrected chi connectivity index (χ2v) is 7.42. The molecule has 0 aliphatic carbocycles. The Kier molecular flexibility index (Phi) is 5.12. The van der Waals surface area contributed by atoms with E-state index in [1.54, 1.807) is 0 Å². The number of aliphatic hydroxyl groups excluding tert-OH is 1. The van der Waals surface area contributed by atoms with Gasteiger partial charge in [-0.1, -0.05) is 26.3 Å².